The summed E-state index contributed by atoms with van der Waals surface area (Å²) < 4.78 is 18.9. The first-order chi connectivity index (χ1) is 28.5. The summed E-state index contributed by atoms with van der Waals surface area (Å²) in [5.74, 6) is -2.37. The molecule has 6 aliphatic rings. The summed E-state index contributed by atoms with van der Waals surface area (Å²) in [7, 11) is 0. The zero-order valence-corrected chi connectivity index (χ0v) is 37.8. The zero-order chi connectivity index (χ0) is 44.5. The van der Waals surface area contributed by atoms with Gasteiger partial charge < -0.3 is 34.3 Å². The van der Waals surface area contributed by atoms with Crippen molar-refractivity contribution in [2.75, 3.05) is 13.2 Å². The Kier molecular flexibility index (Phi) is 10.2. The van der Waals surface area contributed by atoms with Crippen LogP contribution in [-0.4, -0.2) is 75.0 Å². The van der Waals surface area contributed by atoms with E-state index in [4.69, 9.17) is 14.2 Å². The van der Waals surface area contributed by atoms with Crippen LogP contribution in [0.2, 0.25) is 0 Å². The maximum atomic E-state index is 15.0. The topological polar surface area (TPSA) is 153 Å². The van der Waals surface area contributed by atoms with E-state index < -0.39 is 58.8 Å². The standard InChI is InChI=1S/C50H64N2O9/c1-13-59-44(57)37(45(58)60-14-2)51-43(56)26(5)16-15-20-48(10)32-18-17-27-22-30-29-23-28-31-24-46(6,7)61-47(8,9)36(31)40(54)34(28)35-39(29)52(38(25(3)4)41(35)55)42(30)50(27,12)49(32,11)21-19-33(48)53/h15-16,20,23-24,27,32-33,36-38,40,53-54H,3,13-14,17-19,21-22H2,1-2,4-12H3,(H,51,56)/b20-15+,26-16+. The largest absolute Gasteiger partial charge is 0.464 e. The number of benzene rings is 1. The lowest BCUT2D eigenvalue weighted by atomic mass is 9.40. The Labute approximate surface area is 359 Å². The first-order valence-corrected chi connectivity index (χ1v) is 22.2. The Morgan fingerprint density at radius 2 is 1.67 bits per heavy atom. The highest BCUT2D eigenvalue weighted by Gasteiger charge is 2.68. The van der Waals surface area contributed by atoms with Crippen molar-refractivity contribution in [2.45, 2.75) is 149 Å². The molecule has 0 saturated heterocycles. The van der Waals surface area contributed by atoms with E-state index >= 15 is 0 Å². The lowest BCUT2D eigenvalue weighted by Crippen LogP contribution is -2.62. The van der Waals surface area contributed by atoms with Gasteiger partial charge in [-0.2, -0.15) is 0 Å². The third kappa shape index (κ3) is 5.99. The van der Waals surface area contributed by atoms with Crippen molar-refractivity contribution >= 4 is 40.1 Å². The predicted molar refractivity (Wildman–Crippen MR) is 233 cm³/mol. The molecule has 3 heterocycles. The quantitative estimate of drug-likeness (QED) is 0.0758. The zero-order valence-electron chi connectivity index (χ0n) is 37.8. The number of aromatic nitrogens is 1. The van der Waals surface area contributed by atoms with Crippen molar-refractivity contribution in [3.05, 3.63) is 76.0 Å². The number of amides is 1. The van der Waals surface area contributed by atoms with E-state index in [1.165, 1.54) is 11.3 Å². The van der Waals surface area contributed by atoms with Gasteiger partial charge in [0.15, 0.2) is 5.78 Å². The van der Waals surface area contributed by atoms with Crippen LogP contribution in [0.5, 0.6) is 0 Å². The summed E-state index contributed by atoms with van der Waals surface area (Å²) >= 11 is 0. The Hall–Kier alpha value is -4.32. The van der Waals surface area contributed by atoms with Crippen LogP contribution >= 0.6 is 0 Å². The van der Waals surface area contributed by atoms with Gasteiger partial charge in [-0.05, 0) is 134 Å². The minimum Gasteiger partial charge on any atom is -0.464 e. The summed E-state index contributed by atoms with van der Waals surface area (Å²) in [4.78, 5) is 53.3. The first-order valence-electron chi connectivity index (χ1n) is 22.2. The number of esters is 2. The van der Waals surface area contributed by atoms with Crippen LogP contribution in [0.1, 0.15) is 147 Å². The van der Waals surface area contributed by atoms with Gasteiger partial charge in [-0.3, -0.25) is 9.59 Å². The summed E-state index contributed by atoms with van der Waals surface area (Å²) in [6.45, 7) is 26.3. The van der Waals surface area contributed by atoms with Gasteiger partial charge in [-0.15, -0.1) is 0 Å². The maximum absolute atomic E-state index is 15.0. The highest BCUT2D eigenvalue weighted by Crippen LogP contribution is 2.71. The van der Waals surface area contributed by atoms with Gasteiger partial charge in [0.25, 0.3) is 0 Å². The van der Waals surface area contributed by atoms with Gasteiger partial charge in [0.2, 0.25) is 11.9 Å². The molecule has 1 aromatic heterocycles. The van der Waals surface area contributed by atoms with Crippen LogP contribution in [0.3, 0.4) is 0 Å². The minimum atomic E-state index is -1.59. The lowest BCUT2D eigenvalue weighted by Gasteiger charge is -2.64. The van der Waals surface area contributed by atoms with Crippen LogP contribution in [0.25, 0.3) is 16.5 Å². The molecule has 1 amide bonds. The van der Waals surface area contributed by atoms with Gasteiger partial charge in [0, 0.05) is 39.0 Å². The number of fused-ring (bicyclic) bond motifs is 11. The second-order valence-corrected chi connectivity index (χ2v) is 20.4. The number of nitrogens with zero attached hydrogens (tertiary/aromatic N) is 1. The van der Waals surface area contributed by atoms with Crippen LogP contribution in [-0.2, 0) is 40.4 Å². The van der Waals surface area contributed by atoms with Crippen LogP contribution in [0.4, 0.5) is 0 Å². The van der Waals surface area contributed by atoms with E-state index in [0.717, 1.165) is 53.3 Å². The molecule has 9 atom stereocenters. The van der Waals surface area contributed by atoms with Crippen LogP contribution < -0.4 is 5.32 Å². The average molecular weight is 837 g/mol. The fraction of sp³-hybridized carbons (Fsp3) is 0.600. The molecule has 0 spiro atoms. The molecule has 2 fully saturated rings. The molecule has 9 unspecified atom stereocenters. The SMILES string of the molecule is C=C(C)C1C(=O)c2c3c(cc4c5c(n1c24)C1(C)C(CCC2C(C)(/C=C/C=C(\C)C(=O)NC(C(=O)OCC)C(=O)OCC)C(O)CCC21C)C5)C1=CC(C)(C)OC(C)(C)C1C3O. The highest BCUT2D eigenvalue weighted by atomic mass is 16.6. The van der Waals surface area contributed by atoms with Gasteiger partial charge in [0.1, 0.15) is 6.04 Å². The molecule has 11 nitrogen and oxygen atoms in total. The number of aliphatic hydroxyl groups is 2. The van der Waals surface area contributed by atoms with Crippen LogP contribution in [0, 0.1) is 28.6 Å². The molecule has 2 aliphatic heterocycles. The molecule has 0 bridgehead atoms. The fourth-order valence-electron chi connectivity index (χ4n) is 13.5. The molecule has 4 aliphatic carbocycles. The van der Waals surface area contributed by atoms with E-state index in [-0.39, 0.29) is 47.2 Å². The Balaban J connectivity index is 1.20. The number of ketones is 1. The lowest BCUT2D eigenvalue weighted by molar-refractivity contribution is -0.159. The van der Waals surface area contributed by atoms with E-state index in [2.05, 4.69) is 63.2 Å². The number of allylic oxidation sites excluding steroid dienone is 3. The Morgan fingerprint density at radius 1 is 1.02 bits per heavy atom. The number of nitrogens with one attached hydrogen (secondary N) is 1. The minimum absolute atomic E-state index is 0.0122. The molecular weight excluding hydrogens is 773 g/mol. The molecule has 2 aromatic rings. The normalized spacial score (nSPS) is 34.1. The predicted octanol–water partition coefficient (Wildman–Crippen LogP) is 7.71. The molecular formula is C50H64N2O9. The first kappa shape index (κ1) is 43.3. The third-order valence-corrected chi connectivity index (χ3v) is 16.1. The van der Waals surface area contributed by atoms with Crippen molar-refractivity contribution in [3.8, 4) is 0 Å². The summed E-state index contributed by atoms with van der Waals surface area (Å²) in [5, 5.41) is 27.7. The van der Waals surface area contributed by atoms with Gasteiger partial charge >= 0.3 is 11.9 Å². The molecule has 0 radical (unpaired) electrons. The number of ether oxygens (including phenoxy) is 3. The molecule has 1 aromatic carbocycles. The number of Topliss-reactive ketones (excluding diaryl/α,β-unsaturated/α-hetero) is 1. The number of carbonyl (C=O) groups excluding carboxylic acids is 4. The maximum Gasteiger partial charge on any atom is 0.340 e. The van der Waals surface area contributed by atoms with Crippen molar-refractivity contribution in [1.29, 1.82) is 0 Å². The van der Waals surface area contributed by atoms with Gasteiger partial charge in [-0.25, -0.2) is 9.59 Å². The molecule has 8 rings (SSSR count). The number of carbonyl (C=O) groups is 4. The van der Waals surface area contributed by atoms with Crippen LogP contribution in [0.15, 0.2) is 48.1 Å². The molecule has 328 valence electrons. The highest BCUT2D eigenvalue weighted by molar-refractivity contribution is 6.18. The number of hydrogen-bond donors (Lipinski definition) is 3. The second kappa shape index (κ2) is 14.4. The van der Waals surface area contributed by atoms with Crippen molar-refractivity contribution in [2.24, 2.45) is 28.6 Å². The Bertz CT molecular complexity index is 2360. The Morgan fingerprint density at radius 3 is 2.30 bits per heavy atom. The van der Waals surface area contributed by atoms with Gasteiger partial charge in [-0.1, -0.05) is 51.2 Å². The fourth-order valence-corrected chi connectivity index (χ4v) is 13.5. The van der Waals surface area contributed by atoms with E-state index in [0.29, 0.717) is 23.5 Å². The van der Waals surface area contributed by atoms with Crippen molar-refractivity contribution < 1.29 is 43.6 Å². The van der Waals surface area contributed by atoms with Crippen molar-refractivity contribution in [1.82, 2.24) is 9.88 Å². The molecule has 3 N–H and O–H groups in total. The second-order valence-electron chi connectivity index (χ2n) is 20.4. The summed E-state index contributed by atoms with van der Waals surface area (Å²) in [5.41, 5.74) is 5.21. The number of rotatable bonds is 9. The summed E-state index contributed by atoms with van der Waals surface area (Å²) in [6.07, 6.45) is 10.2. The third-order valence-electron chi connectivity index (χ3n) is 16.1. The van der Waals surface area contributed by atoms with Crippen molar-refractivity contribution in [3.63, 3.8) is 0 Å². The molecule has 61 heavy (non-hydrogen) atoms. The summed E-state index contributed by atoms with van der Waals surface area (Å²) in [6, 6.07) is 0.0899. The number of hydrogen-bond acceptors (Lipinski definition) is 9. The molecule has 2 saturated carbocycles. The smallest absolute Gasteiger partial charge is 0.340 e. The average Bonchev–Trinajstić information content (AvgIpc) is 3.84. The van der Waals surface area contributed by atoms with E-state index in [9.17, 15) is 29.4 Å². The van der Waals surface area contributed by atoms with E-state index in [1.54, 1.807) is 26.8 Å². The molecule has 11 heteroatoms. The number of aliphatic hydroxyl groups excluding tert-OH is 2. The monoisotopic (exact) mass is 836 g/mol. The van der Waals surface area contributed by atoms with Gasteiger partial charge in [0.05, 0.1) is 47.7 Å². The van der Waals surface area contributed by atoms with E-state index in [1.807, 2.05) is 32.9 Å².